The lowest BCUT2D eigenvalue weighted by molar-refractivity contribution is -0.147. The van der Waals surface area contributed by atoms with Crippen LogP contribution in [0.25, 0.3) is 0 Å². The van der Waals surface area contributed by atoms with Crippen molar-refractivity contribution in [1.82, 2.24) is 4.72 Å². The van der Waals surface area contributed by atoms with Crippen LogP contribution in [0, 0.1) is 20.8 Å². The van der Waals surface area contributed by atoms with Gasteiger partial charge in [-0.25, -0.2) is 13.1 Å². The van der Waals surface area contributed by atoms with E-state index in [1.807, 2.05) is 26.0 Å². The maximum atomic E-state index is 12.3. The normalized spacial score (nSPS) is 11.1. The Kier molecular flexibility index (Phi) is 7.31. The molecule has 1 amide bonds. The van der Waals surface area contributed by atoms with Gasteiger partial charge in [-0.3, -0.25) is 9.59 Å². The highest BCUT2D eigenvalue weighted by Crippen LogP contribution is 2.16. The maximum Gasteiger partial charge on any atom is 0.307 e. The summed E-state index contributed by atoms with van der Waals surface area (Å²) in [5.41, 5.74) is 3.12. The van der Waals surface area contributed by atoms with Crippen LogP contribution >= 0.6 is 0 Å². The first kappa shape index (κ1) is 21.6. The average Bonchev–Trinajstić information content (AvgIpc) is 2.61. The summed E-state index contributed by atoms with van der Waals surface area (Å²) >= 11 is 0. The molecule has 0 saturated heterocycles. The maximum absolute atomic E-state index is 12.3. The Bertz CT molecular complexity index is 970. The summed E-state index contributed by atoms with van der Waals surface area (Å²) in [5, 5.41) is 2.65. The lowest BCUT2D eigenvalue weighted by Gasteiger charge is -2.10. The number of carbonyl (C=O) groups excluding carboxylic acids is 2. The zero-order chi connectivity index (χ0) is 20.7. The van der Waals surface area contributed by atoms with Gasteiger partial charge in [0.25, 0.3) is 5.91 Å². The van der Waals surface area contributed by atoms with Crippen LogP contribution in [0.5, 0.6) is 0 Å². The van der Waals surface area contributed by atoms with Crippen LogP contribution in [-0.2, 0) is 24.3 Å². The number of benzene rings is 2. The van der Waals surface area contributed by atoms with Crippen molar-refractivity contribution in [2.45, 2.75) is 32.1 Å². The number of nitrogens with one attached hydrogen (secondary N) is 2. The molecule has 0 radical (unpaired) electrons. The third-order valence-electron chi connectivity index (χ3n) is 4.02. The van der Waals surface area contributed by atoms with Gasteiger partial charge in [-0.1, -0.05) is 35.9 Å². The molecule has 150 valence electrons. The second kappa shape index (κ2) is 9.48. The van der Waals surface area contributed by atoms with E-state index < -0.39 is 28.5 Å². The molecule has 0 saturated carbocycles. The van der Waals surface area contributed by atoms with Crippen molar-refractivity contribution in [2.75, 3.05) is 18.5 Å². The van der Waals surface area contributed by atoms with Crippen LogP contribution in [-0.4, -0.2) is 33.4 Å². The molecule has 0 spiro atoms. The molecule has 0 bridgehead atoms. The van der Waals surface area contributed by atoms with E-state index in [0.717, 1.165) is 11.1 Å². The van der Waals surface area contributed by atoms with E-state index in [9.17, 15) is 18.0 Å². The van der Waals surface area contributed by atoms with Crippen molar-refractivity contribution < 1.29 is 22.7 Å². The second-order valence-corrected chi connectivity index (χ2v) is 8.18. The SMILES string of the molecule is Cc1ccc(S(=O)(=O)NCCC(=O)OCC(=O)Nc2ccccc2C)c(C)c1. The fourth-order valence-electron chi connectivity index (χ4n) is 2.58. The summed E-state index contributed by atoms with van der Waals surface area (Å²) in [7, 11) is -3.72. The Morgan fingerprint density at radius 2 is 1.71 bits per heavy atom. The molecule has 2 rings (SSSR count). The zero-order valence-corrected chi connectivity index (χ0v) is 16.9. The number of rotatable bonds is 8. The Morgan fingerprint density at radius 1 is 1.00 bits per heavy atom. The largest absolute Gasteiger partial charge is 0.456 e. The fourth-order valence-corrected chi connectivity index (χ4v) is 3.84. The van der Waals surface area contributed by atoms with Gasteiger partial charge in [-0.15, -0.1) is 0 Å². The minimum Gasteiger partial charge on any atom is -0.456 e. The van der Waals surface area contributed by atoms with Gasteiger partial charge < -0.3 is 10.1 Å². The van der Waals surface area contributed by atoms with Crippen molar-refractivity contribution in [2.24, 2.45) is 0 Å². The smallest absolute Gasteiger partial charge is 0.307 e. The summed E-state index contributed by atoms with van der Waals surface area (Å²) in [4.78, 5) is 23.8. The van der Waals surface area contributed by atoms with Crippen LogP contribution in [0.15, 0.2) is 47.4 Å². The van der Waals surface area contributed by atoms with E-state index in [1.54, 1.807) is 31.2 Å². The molecule has 0 aromatic heterocycles. The topological polar surface area (TPSA) is 102 Å². The van der Waals surface area contributed by atoms with Crippen LogP contribution in [0.3, 0.4) is 0 Å². The Hall–Kier alpha value is -2.71. The number of sulfonamides is 1. The minimum absolute atomic E-state index is 0.117. The molecule has 0 fully saturated rings. The summed E-state index contributed by atoms with van der Waals surface area (Å²) in [5.74, 6) is -1.12. The van der Waals surface area contributed by atoms with Crippen molar-refractivity contribution in [3.63, 3.8) is 0 Å². The minimum atomic E-state index is -3.72. The van der Waals surface area contributed by atoms with Crippen molar-refractivity contribution in [3.8, 4) is 0 Å². The molecule has 0 heterocycles. The van der Waals surface area contributed by atoms with Crippen molar-refractivity contribution >= 4 is 27.6 Å². The van der Waals surface area contributed by atoms with E-state index in [0.29, 0.717) is 11.3 Å². The van der Waals surface area contributed by atoms with Crippen LogP contribution in [0.2, 0.25) is 0 Å². The van der Waals surface area contributed by atoms with E-state index >= 15 is 0 Å². The molecule has 2 aromatic rings. The van der Waals surface area contributed by atoms with Gasteiger partial charge in [0.05, 0.1) is 11.3 Å². The molecule has 0 aliphatic carbocycles. The molecular formula is C20H24N2O5S. The van der Waals surface area contributed by atoms with E-state index in [-0.39, 0.29) is 17.9 Å². The molecule has 0 aliphatic heterocycles. The number of para-hydroxylation sites is 1. The van der Waals surface area contributed by atoms with Gasteiger partial charge in [0, 0.05) is 12.2 Å². The number of ether oxygens (including phenoxy) is 1. The van der Waals surface area contributed by atoms with Gasteiger partial charge in [-0.2, -0.15) is 0 Å². The predicted molar refractivity (Wildman–Crippen MR) is 106 cm³/mol. The highest BCUT2D eigenvalue weighted by molar-refractivity contribution is 7.89. The first-order valence-electron chi connectivity index (χ1n) is 8.77. The molecule has 2 N–H and O–H groups in total. The fraction of sp³-hybridized carbons (Fsp3) is 0.300. The molecule has 7 nitrogen and oxygen atoms in total. The van der Waals surface area contributed by atoms with Gasteiger partial charge in [-0.05, 0) is 44.0 Å². The zero-order valence-electron chi connectivity index (χ0n) is 16.1. The summed E-state index contributed by atoms with van der Waals surface area (Å²) < 4.78 is 31.9. The van der Waals surface area contributed by atoms with Crippen LogP contribution in [0.1, 0.15) is 23.1 Å². The van der Waals surface area contributed by atoms with Crippen molar-refractivity contribution in [1.29, 1.82) is 0 Å². The monoisotopic (exact) mass is 404 g/mol. The van der Waals surface area contributed by atoms with Crippen LogP contribution in [0.4, 0.5) is 5.69 Å². The van der Waals surface area contributed by atoms with Crippen LogP contribution < -0.4 is 10.0 Å². The number of esters is 1. The number of carbonyl (C=O) groups is 2. The summed E-state index contributed by atoms with van der Waals surface area (Å²) in [6.45, 7) is 4.89. The number of hydrogen-bond donors (Lipinski definition) is 2. The van der Waals surface area contributed by atoms with E-state index in [1.165, 1.54) is 6.07 Å². The predicted octanol–water partition coefficient (Wildman–Crippen LogP) is 2.46. The first-order chi connectivity index (χ1) is 13.2. The van der Waals surface area contributed by atoms with Gasteiger partial charge in [0.1, 0.15) is 0 Å². The third-order valence-corrected chi connectivity index (χ3v) is 5.65. The number of hydrogen-bond acceptors (Lipinski definition) is 5. The average molecular weight is 404 g/mol. The Balaban J connectivity index is 1.78. The Morgan fingerprint density at radius 3 is 2.39 bits per heavy atom. The summed E-state index contributed by atoms with van der Waals surface area (Å²) in [6.07, 6.45) is -0.179. The lowest BCUT2D eigenvalue weighted by atomic mass is 10.2. The Labute approximate surface area is 165 Å². The molecular weight excluding hydrogens is 380 g/mol. The summed E-state index contributed by atoms with van der Waals surface area (Å²) in [6, 6.07) is 12.3. The quantitative estimate of drug-likeness (QED) is 0.658. The standard InChI is InChI=1S/C20H24N2O5S/c1-14-8-9-18(16(3)12-14)28(25,26)21-11-10-20(24)27-13-19(23)22-17-7-5-4-6-15(17)2/h4-9,12,21H,10-11,13H2,1-3H3,(H,22,23). The molecule has 28 heavy (non-hydrogen) atoms. The molecule has 8 heteroatoms. The molecule has 0 aliphatic rings. The lowest BCUT2D eigenvalue weighted by Crippen LogP contribution is -2.28. The van der Waals surface area contributed by atoms with Gasteiger partial charge in [0.15, 0.2) is 6.61 Å². The molecule has 2 aromatic carbocycles. The highest BCUT2D eigenvalue weighted by Gasteiger charge is 2.17. The highest BCUT2D eigenvalue weighted by atomic mass is 32.2. The number of anilines is 1. The van der Waals surface area contributed by atoms with E-state index in [4.69, 9.17) is 4.74 Å². The van der Waals surface area contributed by atoms with Gasteiger partial charge >= 0.3 is 5.97 Å². The first-order valence-corrected chi connectivity index (χ1v) is 10.3. The number of amides is 1. The van der Waals surface area contributed by atoms with Gasteiger partial charge in [0.2, 0.25) is 10.0 Å². The third kappa shape index (κ3) is 6.17. The van der Waals surface area contributed by atoms with Crippen molar-refractivity contribution in [3.05, 3.63) is 59.2 Å². The second-order valence-electron chi connectivity index (χ2n) is 6.44. The number of aryl methyl sites for hydroxylation is 3. The van der Waals surface area contributed by atoms with E-state index in [2.05, 4.69) is 10.0 Å². The molecule has 0 unspecified atom stereocenters. The molecule has 0 atom stereocenters.